The predicted molar refractivity (Wildman–Crippen MR) is 110 cm³/mol. The monoisotopic (exact) mass is 390 g/mol. The molecule has 0 fully saturated rings. The highest BCUT2D eigenvalue weighted by molar-refractivity contribution is 7.15. The molecular formula is C21H18N4O2S. The van der Waals surface area contributed by atoms with Crippen LogP contribution in [-0.4, -0.2) is 21.2 Å². The fourth-order valence-electron chi connectivity index (χ4n) is 2.94. The van der Waals surface area contributed by atoms with Crippen molar-refractivity contribution in [2.75, 3.05) is 5.32 Å². The Morgan fingerprint density at radius 1 is 1.07 bits per heavy atom. The summed E-state index contributed by atoms with van der Waals surface area (Å²) in [5.41, 5.74) is 9.31. The number of primary amides is 1. The van der Waals surface area contributed by atoms with E-state index in [1.165, 1.54) is 0 Å². The highest BCUT2D eigenvalue weighted by Gasteiger charge is 2.11. The van der Waals surface area contributed by atoms with E-state index in [0.29, 0.717) is 24.1 Å². The van der Waals surface area contributed by atoms with E-state index in [9.17, 15) is 9.59 Å². The minimum Gasteiger partial charge on any atom is -0.366 e. The van der Waals surface area contributed by atoms with Gasteiger partial charge in [-0.15, -0.1) is 11.3 Å². The number of amides is 2. The van der Waals surface area contributed by atoms with Crippen molar-refractivity contribution in [1.29, 1.82) is 0 Å². The van der Waals surface area contributed by atoms with E-state index in [1.54, 1.807) is 35.6 Å². The molecule has 28 heavy (non-hydrogen) atoms. The third kappa shape index (κ3) is 3.79. The molecule has 0 spiro atoms. The van der Waals surface area contributed by atoms with E-state index < -0.39 is 5.91 Å². The van der Waals surface area contributed by atoms with Crippen molar-refractivity contribution >= 4 is 33.8 Å². The second-order valence-electron chi connectivity index (χ2n) is 6.36. The van der Waals surface area contributed by atoms with Crippen LogP contribution in [0.1, 0.15) is 22.5 Å². The highest BCUT2D eigenvalue weighted by Crippen LogP contribution is 2.24. The summed E-state index contributed by atoms with van der Waals surface area (Å²) < 4.78 is 2.04. The van der Waals surface area contributed by atoms with Crippen LogP contribution in [0.4, 0.5) is 5.69 Å². The molecule has 7 heteroatoms. The SMILES string of the molecule is NC(=O)c1ccc(NC(=O)CCc2csc3nc(-c4ccccc4)cn23)cc1. The molecule has 0 aliphatic heterocycles. The number of nitrogens with zero attached hydrogens (tertiary/aromatic N) is 2. The average Bonchev–Trinajstić information content (AvgIpc) is 3.28. The van der Waals surface area contributed by atoms with E-state index in [-0.39, 0.29) is 5.91 Å². The standard InChI is InChI=1S/C21H18N4O2S/c22-20(27)15-6-8-16(9-7-15)23-19(26)11-10-17-13-28-21-24-18(12-25(17)21)14-4-2-1-3-5-14/h1-9,12-13H,10-11H2,(H2,22,27)(H,23,26). The Morgan fingerprint density at radius 2 is 1.82 bits per heavy atom. The molecule has 140 valence electrons. The number of benzene rings is 2. The molecule has 0 aliphatic carbocycles. The van der Waals surface area contributed by atoms with Gasteiger partial charge >= 0.3 is 0 Å². The molecule has 2 aromatic heterocycles. The Bertz CT molecular complexity index is 1130. The molecule has 4 rings (SSSR count). The van der Waals surface area contributed by atoms with Gasteiger partial charge in [-0.3, -0.25) is 14.0 Å². The van der Waals surface area contributed by atoms with Gasteiger partial charge in [-0.25, -0.2) is 4.98 Å². The second kappa shape index (κ2) is 7.66. The first-order valence-electron chi connectivity index (χ1n) is 8.81. The van der Waals surface area contributed by atoms with Gasteiger partial charge < -0.3 is 11.1 Å². The lowest BCUT2D eigenvalue weighted by Gasteiger charge is -2.05. The molecule has 3 N–H and O–H groups in total. The van der Waals surface area contributed by atoms with Gasteiger partial charge in [-0.2, -0.15) is 0 Å². The van der Waals surface area contributed by atoms with Crippen molar-refractivity contribution in [3.63, 3.8) is 0 Å². The maximum absolute atomic E-state index is 12.3. The number of thiazole rings is 1. The van der Waals surface area contributed by atoms with Crippen molar-refractivity contribution in [1.82, 2.24) is 9.38 Å². The lowest BCUT2D eigenvalue weighted by atomic mass is 10.2. The Hall–Kier alpha value is -3.45. The molecule has 0 atom stereocenters. The molecule has 0 saturated carbocycles. The zero-order valence-electron chi connectivity index (χ0n) is 15.0. The lowest BCUT2D eigenvalue weighted by molar-refractivity contribution is -0.116. The minimum atomic E-state index is -0.491. The quantitative estimate of drug-likeness (QED) is 0.526. The summed E-state index contributed by atoms with van der Waals surface area (Å²) >= 11 is 1.57. The summed E-state index contributed by atoms with van der Waals surface area (Å²) in [7, 11) is 0. The van der Waals surface area contributed by atoms with E-state index in [2.05, 4.69) is 10.3 Å². The number of nitrogens with one attached hydrogen (secondary N) is 1. The van der Waals surface area contributed by atoms with E-state index in [0.717, 1.165) is 21.9 Å². The molecule has 0 saturated heterocycles. The average molecular weight is 390 g/mol. The van der Waals surface area contributed by atoms with Crippen LogP contribution < -0.4 is 11.1 Å². The van der Waals surface area contributed by atoms with Crippen LogP contribution in [0.25, 0.3) is 16.2 Å². The van der Waals surface area contributed by atoms with E-state index in [1.807, 2.05) is 46.3 Å². The third-order valence-corrected chi connectivity index (χ3v) is 5.30. The summed E-state index contributed by atoms with van der Waals surface area (Å²) in [5, 5.41) is 4.87. The number of fused-ring (bicyclic) bond motifs is 1. The largest absolute Gasteiger partial charge is 0.366 e. The molecule has 0 aliphatic rings. The zero-order valence-corrected chi connectivity index (χ0v) is 15.8. The second-order valence-corrected chi connectivity index (χ2v) is 7.20. The normalized spacial score (nSPS) is 10.9. The molecule has 0 unspecified atom stereocenters. The molecule has 0 radical (unpaired) electrons. The molecular weight excluding hydrogens is 372 g/mol. The number of aromatic nitrogens is 2. The van der Waals surface area contributed by atoms with Crippen molar-refractivity contribution in [2.24, 2.45) is 5.73 Å². The number of anilines is 1. The van der Waals surface area contributed by atoms with Crippen molar-refractivity contribution < 1.29 is 9.59 Å². The Balaban J connectivity index is 1.41. The summed E-state index contributed by atoms with van der Waals surface area (Å²) in [6.07, 6.45) is 2.97. The first kappa shape index (κ1) is 17.9. The van der Waals surface area contributed by atoms with Gasteiger partial charge in [0.1, 0.15) is 0 Å². The number of carbonyl (C=O) groups is 2. The lowest BCUT2D eigenvalue weighted by Crippen LogP contribution is -2.14. The minimum absolute atomic E-state index is 0.0884. The van der Waals surface area contributed by atoms with Crippen LogP contribution in [0, 0.1) is 0 Å². The Labute approximate surface area is 165 Å². The molecule has 6 nitrogen and oxygen atoms in total. The van der Waals surface area contributed by atoms with E-state index >= 15 is 0 Å². The van der Waals surface area contributed by atoms with Gasteiger partial charge in [-0.05, 0) is 30.7 Å². The van der Waals surface area contributed by atoms with Crippen LogP contribution in [0.3, 0.4) is 0 Å². The molecule has 0 bridgehead atoms. The number of hydrogen-bond donors (Lipinski definition) is 2. The zero-order chi connectivity index (χ0) is 19.5. The molecule has 2 aromatic carbocycles. The van der Waals surface area contributed by atoms with Crippen molar-refractivity contribution in [3.05, 3.63) is 77.4 Å². The molecule has 4 aromatic rings. The van der Waals surface area contributed by atoms with Crippen LogP contribution in [-0.2, 0) is 11.2 Å². The summed E-state index contributed by atoms with van der Waals surface area (Å²) in [6.45, 7) is 0. The molecule has 2 heterocycles. The van der Waals surface area contributed by atoms with Gasteiger partial charge in [0.15, 0.2) is 4.96 Å². The maximum Gasteiger partial charge on any atom is 0.248 e. The highest BCUT2D eigenvalue weighted by atomic mass is 32.1. The van der Waals surface area contributed by atoms with E-state index in [4.69, 9.17) is 5.73 Å². The first-order valence-corrected chi connectivity index (χ1v) is 9.69. The Morgan fingerprint density at radius 3 is 2.54 bits per heavy atom. The number of aryl methyl sites for hydroxylation is 1. The van der Waals surface area contributed by atoms with Gasteiger partial charge in [0.2, 0.25) is 11.8 Å². The number of hydrogen-bond acceptors (Lipinski definition) is 4. The fourth-order valence-corrected chi connectivity index (χ4v) is 3.85. The predicted octanol–water partition coefficient (Wildman–Crippen LogP) is 3.73. The number of nitrogens with two attached hydrogens (primary N) is 1. The van der Waals surface area contributed by atoms with Crippen molar-refractivity contribution in [3.8, 4) is 11.3 Å². The number of imidazole rings is 1. The van der Waals surface area contributed by atoms with Gasteiger partial charge in [0.05, 0.1) is 5.69 Å². The maximum atomic E-state index is 12.3. The van der Waals surface area contributed by atoms with Gasteiger partial charge in [0, 0.05) is 40.5 Å². The van der Waals surface area contributed by atoms with Crippen molar-refractivity contribution in [2.45, 2.75) is 12.8 Å². The fraction of sp³-hybridized carbons (Fsp3) is 0.0952. The topological polar surface area (TPSA) is 89.5 Å². The van der Waals surface area contributed by atoms with Crippen LogP contribution in [0.2, 0.25) is 0 Å². The smallest absolute Gasteiger partial charge is 0.248 e. The van der Waals surface area contributed by atoms with Crippen LogP contribution >= 0.6 is 11.3 Å². The summed E-state index contributed by atoms with van der Waals surface area (Å²) in [4.78, 5) is 28.9. The summed E-state index contributed by atoms with van der Waals surface area (Å²) in [5.74, 6) is -0.580. The van der Waals surface area contributed by atoms with Crippen LogP contribution in [0.15, 0.2) is 66.2 Å². The third-order valence-electron chi connectivity index (χ3n) is 4.41. The van der Waals surface area contributed by atoms with Gasteiger partial charge in [-0.1, -0.05) is 30.3 Å². The van der Waals surface area contributed by atoms with Crippen LogP contribution in [0.5, 0.6) is 0 Å². The number of rotatable bonds is 6. The Kier molecular flexibility index (Phi) is 4.90. The summed E-state index contributed by atoms with van der Waals surface area (Å²) in [6, 6.07) is 16.5. The molecule has 2 amide bonds. The first-order chi connectivity index (χ1) is 13.6. The number of carbonyl (C=O) groups excluding carboxylic acids is 2. The van der Waals surface area contributed by atoms with Gasteiger partial charge in [0.25, 0.3) is 0 Å².